The van der Waals surface area contributed by atoms with Gasteiger partial charge in [-0.15, -0.1) is 0 Å². The molecule has 0 spiro atoms. The molecule has 1 heterocycles. The fraction of sp³-hybridized carbons (Fsp3) is 0.500. The van der Waals surface area contributed by atoms with Crippen molar-refractivity contribution in [2.45, 2.75) is 12.5 Å². The highest BCUT2D eigenvalue weighted by atomic mass is 16.4. The molecule has 1 aromatic heterocycles. The maximum absolute atomic E-state index is 11.5. The minimum absolute atomic E-state index is 0.404. The summed E-state index contributed by atoms with van der Waals surface area (Å²) >= 11 is 0. The number of urea groups is 1. The zero-order valence-corrected chi connectivity index (χ0v) is 10.1. The van der Waals surface area contributed by atoms with Crippen molar-refractivity contribution in [2.24, 2.45) is 12.8 Å². The molecule has 1 unspecified atom stereocenters. The maximum atomic E-state index is 11.5. The van der Waals surface area contributed by atoms with E-state index in [2.05, 4.69) is 15.7 Å². The first-order chi connectivity index (χ1) is 8.54. The molecule has 1 atom stereocenters. The van der Waals surface area contributed by atoms with Crippen molar-refractivity contribution in [3.8, 4) is 0 Å². The number of rotatable bonds is 6. The summed E-state index contributed by atoms with van der Waals surface area (Å²) in [6.07, 6.45) is 3.58. The Morgan fingerprint density at radius 1 is 1.61 bits per heavy atom. The van der Waals surface area contributed by atoms with Gasteiger partial charge in [0, 0.05) is 25.4 Å². The summed E-state index contributed by atoms with van der Waals surface area (Å²) in [5.74, 6) is -1.14. The largest absolute Gasteiger partial charge is 0.479 e. The summed E-state index contributed by atoms with van der Waals surface area (Å²) in [7, 11) is 1.67. The second kappa shape index (κ2) is 6.60. The number of carbonyl (C=O) groups excluding carboxylic acids is 1. The van der Waals surface area contributed by atoms with Crippen molar-refractivity contribution < 1.29 is 14.7 Å². The molecule has 0 saturated heterocycles. The Labute approximate surface area is 104 Å². The molecule has 0 aromatic carbocycles. The van der Waals surface area contributed by atoms with Gasteiger partial charge in [-0.1, -0.05) is 0 Å². The SMILES string of the molecule is Cn1cc(C(NC(=O)NCCCN)C(=O)O)cn1. The highest BCUT2D eigenvalue weighted by molar-refractivity contribution is 5.83. The van der Waals surface area contributed by atoms with Crippen LogP contribution in [0.2, 0.25) is 0 Å². The summed E-state index contributed by atoms with van der Waals surface area (Å²) in [6.45, 7) is 0.868. The number of nitrogens with zero attached hydrogens (tertiary/aromatic N) is 2. The van der Waals surface area contributed by atoms with Crippen LogP contribution in [0.25, 0.3) is 0 Å². The van der Waals surface area contributed by atoms with Gasteiger partial charge in [-0.25, -0.2) is 9.59 Å². The van der Waals surface area contributed by atoms with E-state index in [1.54, 1.807) is 13.2 Å². The van der Waals surface area contributed by atoms with Gasteiger partial charge in [-0.2, -0.15) is 5.10 Å². The normalized spacial score (nSPS) is 11.9. The minimum Gasteiger partial charge on any atom is -0.479 e. The van der Waals surface area contributed by atoms with Crippen LogP contribution in [0.1, 0.15) is 18.0 Å². The van der Waals surface area contributed by atoms with Gasteiger partial charge in [0.25, 0.3) is 0 Å². The van der Waals surface area contributed by atoms with E-state index in [1.807, 2.05) is 0 Å². The number of carbonyl (C=O) groups is 2. The number of carboxylic acid groups (broad SMARTS) is 1. The number of aromatic nitrogens is 2. The predicted octanol–water partition coefficient (Wildman–Crippen LogP) is -0.806. The van der Waals surface area contributed by atoms with Crippen LogP contribution in [0.3, 0.4) is 0 Å². The van der Waals surface area contributed by atoms with E-state index in [-0.39, 0.29) is 0 Å². The molecule has 1 aromatic rings. The third kappa shape index (κ3) is 4.06. The van der Waals surface area contributed by atoms with Gasteiger partial charge in [0.2, 0.25) is 0 Å². The van der Waals surface area contributed by atoms with E-state index in [0.717, 1.165) is 0 Å². The number of nitrogens with one attached hydrogen (secondary N) is 2. The number of aliphatic carboxylic acids is 1. The van der Waals surface area contributed by atoms with Crippen molar-refractivity contribution in [1.82, 2.24) is 20.4 Å². The van der Waals surface area contributed by atoms with Crippen LogP contribution in [-0.2, 0) is 11.8 Å². The Morgan fingerprint density at radius 2 is 2.33 bits per heavy atom. The average molecular weight is 255 g/mol. The Morgan fingerprint density at radius 3 is 2.83 bits per heavy atom. The molecule has 0 fully saturated rings. The van der Waals surface area contributed by atoms with Crippen LogP contribution >= 0.6 is 0 Å². The van der Waals surface area contributed by atoms with Crippen LogP contribution in [0, 0.1) is 0 Å². The molecule has 8 heteroatoms. The third-order valence-corrected chi connectivity index (χ3v) is 2.25. The van der Waals surface area contributed by atoms with Gasteiger partial charge >= 0.3 is 12.0 Å². The summed E-state index contributed by atoms with van der Waals surface area (Å²) in [4.78, 5) is 22.5. The Hall–Kier alpha value is -2.09. The number of aryl methyl sites for hydroxylation is 1. The quantitative estimate of drug-likeness (QED) is 0.495. The molecule has 2 amide bonds. The number of carboxylic acids is 1. The van der Waals surface area contributed by atoms with Gasteiger partial charge in [-0.05, 0) is 13.0 Å². The first-order valence-corrected chi connectivity index (χ1v) is 5.50. The fourth-order valence-electron chi connectivity index (χ4n) is 1.36. The zero-order chi connectivity index (χ0) is 13.5. The maximum Gasteiger partial charge on any atom is 0.331 e. The molecule has 0 bridgehead atoms. The van der Waals surface area contributed by atoms with Gasteiger partial charge in [0.05, 0.1) is 6.20 Å². The molecule has 18 heavy (non-hydrogen) atoms. The van der Waals surface area contributed by atoms with Crippen molar-refractivity contribution in [3.63, 3.8) is 0 Å². The van der Waals surface area contributed by atoms with Gasteiger partial charge < -0.3 is 21.5 Å². The molecule has 1 rings (SSSR count). The lowest BCUT2D eigenvalue weighted by Crippen LogP contribution is -2.41. The molecule has 5 N–H and O–H groups in total. The zero-order valence-electron chi connectivity index (χ0n) is 10.1. The summed E-state index contributed by atoms with van der Waals surface area (Å²) in [6, 6.07) is -1.66. The molecule has 0 aliphatic rings. The molecule has 0 aliphatic carbocycles. The molecular formula is C10H17N5O3. The van der Waals surface area contributed by atoms with Crippen molar-refractivity contribution >= 4 is 12.0 Å². The standard InChI is InChI=1S/C10H17N5O3/c1-15-6-7(5-13-15)8(9(16)17)14-10(18)12-4-2-3-11/h5-6,8H,2-4,11H2,1H3,(H,16,17)(H2,12,14,18). The molecule has 0 aliphatic heterocycles. The molecule has 8 nitrogen and oxygen atoms in total. The van der Waals surface area contributed by atoms with Crippen LogP contribution < -0.4 is 16.4 Å². The summed E-state index contributed by atoms with van der Waals surface area (Å²) in [5.41, 5.74) is 5.70. The number of amides is 2. The van der Waals surface area contributed by atoms with Crippen LogP contribution in [0.15, 0.2) is 12.4 Å². The van der Waals surface area contributed by atoms with E-state index < -0.39 is 18.0 Å². The third-order valence-electron chi connectivity index (χ3n) is 2.25. The Bertz CT molecular complexity index is 417. The summed E-state index contributed by atoms with van der Waals surface area (Å²) in [5, 5.41) is 17.8. The summed E-state index contributed by atoms with van der Waals surface area (Å²) < 4.78 is 1.47. The fourth-order valence-corrected chi connectivity index (χ4v) is 1.36. The number of nitrogens with two attached hydrogens (primary N) is 1. The second-order valence-corrected chi connectivity index (χ2v) is 3.76. The lowest BCUT2D eigenvalue weighted by Gasteiger charge is -2.13. The van der Waals surface area contributed by atoms with E-state index in [0.29, 0.717) is 25.1 Å². The highest BCUT2D eigenvalue weighted by Gasteiger charge is 2.23. The topological polar surface area (TPSA) is 122 Å². The minimum atomic E-state index is -1.14. The average Bonchev–Trinajstić information content (AvgIpc) is 2.72. The van der Waals surface area contributed by atoms with Crippen molar-refractivity contribution in [3.05, 3.63) is 18.0 Å². The molecular weight excluding hydrogens is 238 g/mol. The Kier molecular flexibility index (Phi) is 5.12. The van der Waals surface area contributed by atoms with Gasteiger partial charge in [-0.3, -0.25) is 4.68 Å². The van der Waals surface area contributed by atoms with Crippen LogP contribution in [0.5, 0.6) is 0 Å². The monoisotopic (exact) mass is 255 g/mol. The molecule has 0 radical (unpaired) electrons. The predicted molar refractivity (Wildman–Crippen MR) is 63.8 cm³/mol. The van der Waals surface area contributed by atoms with E-state index in [1.165, 1.54) is 10.9 Å². The van der Waals surface area contributed by atoms with Crippen molar-refractivity contribution in [2.75, 3.05) is 13.1 Å². The van der Waals surface area contributed by atoms with E-state index in [9.17, 15) is 9.59 Å². The first kappa shape index (κ1) is 14.0. The van der Waals surface area contributed by atoms with Crippen LogP contribution in [-0.4, -0.2) is 40.0 Å². The van der Waals surface area contributed by atoms with Gasteiger partial charge in [0.1, 0.15) is 0 Å². The second-order valence-electron chi connectivity index (χ2n) is 3.76. The van der Waals surface area contributed by atoms with Gasteiger partial charge in [0.15, 0.2) is 6.04 Å². The Balaban J connectivity index is 2.59. The highest BCUT2D eigenvalue weighted by Crippen LogP contribution is 2.11. The number of hydrogen-bond acceptors (Lipinski definition) is 4. The lowest BCUT2D eigenvalue weighted by molar-refractivity contribution is -0.139. The molecule has 0 saturated carbocycles. The van der Waals surface area contributed by atoms with E-state index in [4.69, 9.17) is 10.8 Å². The first-order valence-electron chi connectivity index (χ1n) is 5.50. The molecule has 100 valence electrons. The number of hydrogen-bond donors (Lipinski definition) is 4. The van der Waals surface area contributed by atoms with Crippen molar-refractivity contribution in [1.29, 1.82) is 0 Å². The smallest absolute Gasteiger partial charge is 0.331 e. The van der Waals surface area contributed by atoms with E-state index >= 15 is 0 Å². The lowest BCUT2D eigenvalue weighted by atomic mass is 10.1. The van der Waals surface area contributed by atoms with Crippen LogP contribution in [0.4, 0.5) is 4.79 Å².